The van der Waals surface area contributed by atoms with E-state index in [9.17, 15) is 4.79 Å². The van der Waals surface area contributed by atoms with Crippen molar-refractivity contribution >= 4 is 6.03 Å². The second-order valence-electron chi connectivity index (χ2n) is 7.69. The number of carbonyl (C=O) groups excluding carboxylic acids is 1. The largest absolute Gasteiger partial charge is 0.379 e. The van der Waals surface area contributed by atoms with Crippen molar-refractivity contribution in [3.8, 4) is 0 Å². The van der Waals surface area contributed by atoms with Crippen LogP contribution in [0.3, 0.4) is 0 Å². The number of nitrogens with one attached hydrogen (secondary N) is 1. The van der Waals surface area contributed by atoms with E-state index in [0.29, 0.717) is 6.04 Å². The summed E-state index contributed by atoms with van der Waals surface area (Å²) in [6.07, 6.45) is 4.25. The fraction of sp³-hybridized carbons (Fsp3) is 0.650. The highest BCUT2D eigenvalue weighted by molar-refractivity contribution is 5.76. The zero-order chi connectivity index (χ0) is 17.3. The van der Waals surface area contributed by atoms with E-state index in [0.717, 1.165) is 65.1 Å². The van der Waals surface area contributed by atoms with Gasteiger partial charge in [0, 0.05) is 32.2 Å². The predicted octanol–water partition coefficient (Wildman–Crippen LogP) is 2.49. The van der Waals surface area contributed by atoms with Crippen LogP contribution in [0.5, 0.6) is 0 Å². The van der Waals surface area contributed by atoms with E-state index in [2.05, 4.69) is 41.4 Å². The Balaban J connectivity index is 1.33. The smallest absolute Gasteiger partial charge is 0.318 e. The van der Waals surface area contributed by atoms with E-state index in [1.807, 2.05) is 4.90 Å². The average molecular weight is 343 g/mol. The molecule has 1 aliphatic carbocycles. The van der Waals surface area contributed by atoms with Gasteiger partial charge in [-0.15, -0.1) is 0 Å². The highest BCUT2D eigenvalue weighted by atomic mass is 16.5. The van der Waals surface area contributed by atoms with Gasteiger partial charge in [0.2, 0.25) is 0 Å². The van der Waals surface area contributed by atoms with Crippen molar-refractivity contribution < 1.29 is 9.53 Å². The summed E-state index contributed by atoms with van der Waals surface area (Å²) in [6.45, 7) is 7.62. The third-order valence-electron chi connectivity index (χ3n) is 6.07. The molecule has 0 unspecified atom stereocenters. The molecule has 1 N–H and O–H groups in total. The molecular formula is C20H29N3O2. The number of morpholine rings is 1. The first kappa shape index (κ1) is 16.9. The zero-order valence-electron chi connectivity index (χ0n) is 15.2. The van der Waals surface area contributed by atoms with Crippen LogP contribution >= 0.6 is 0 Å². The van der Waals surface area contributed by atoms with E-state index >= 15 is 0 Å². The normalized spacial score (nSPS) is 24.1. The van der Waals surface area contributed by atoms with Crippen LogP contribution < -0.4 is 5.32 Å². The summed E-state index contributed by atoms with van der Waals surface area (Å²) >= 11 is 0. The minimum atomic E-state index is -0.122. The molecule has 3 fully saturated rings. The van der Waals surface area contributed by atoms with Crippen LogP contribution in [-0.4, -0.2) is 61.3 Å². The van der Waals surface area contributed by atoms with Gasteiger partial charge in [-0.05, 0) is 43.7 Å². The van der Waals surface area contributed by atoms with Crippen LogP contribution in [0.25, 0.3) is 0 Å². The summed E-state index contributed by atoms with van der Waals surface area (Å²) < 4.78 is 5.45. The lowest BCUT2D eigenvalue weighted by Gasteiger charge is -2.40. The maximum absolute atomic E-state index is 12.8. The molecule has 0 radical (unpaired) electrons. The number of ether oxygens (including phenoxy) is 1. The van der Waals surface area contributed by atoms with E-state index in [4.69, 9.17) is 4.74 Å². The molecule has 2 heterocycles. The third kappa shape index (κ3) is 3.53. The lowest BCUT2D eigenvalue weighted by Crippen LogP contribution is -2.53. The molecule has 1 aromatic carbocycles. The van der Waals surface area contributed by atoms with Crippen LogP contribution in [0.15, 0.2) is 24.3 Å². The summed E-state index contributed by atoms with van der Waals surface area (Å²) in [6, 6.07) is 9.15. The summed E-state index contributed by atoms with van der Waals surface area (Å²) in [5.41, 5.74) is 2.43. The first-order valence-corrected chi connectivity index (χ1v) is 9.63. The standard InChI is InChI=1S/C20H29N3O2/c1-16-4-2-3-5-18(16)20(8-9-20)21-19(24)23-10-6-17(7-11-23)22-12-14-25-15-13-22/h2-5,17H,6-15H2,1H3,(H,21,24). The van der Waals surface area contributed by atoms with Crippen LogP contribution in [0.4, 0.5) is 4.79 Å². The fourth-order valence-corrected chi connectivity index (χ4v) is 4.36. The minimum absolute atomic E-state index is 0.112. The number of nitrogens with zero attached hydrogens (tertiary/aromatic N) is 2. The number of likely N-dealkylation sites (tertiary alicyclic amines) is 1. The number of carbonyl (C=O) groups is 1. The molecule has 136 valence electrons. The predicted molar refractivity (Wildman–Crippen MR) is 97.6 cm³/mol. The van der Waals surface area contributed by atoms with Gasteiger partial charge in [0.1, 0.15) is 0 Å². The van der Waals surface area contributed by atoms with Crippen LogP contribution in [0, 0.1) is 6.92 Å². The number of urea groups is 1. The van der Waals surface area contributed by atoms with E-state index in [1.54, 1.807) is 0 Å². The Kier molecular flexibility index (Phi) is 4.69. The van der Waals surface area contributed by atoms with Crippen LogP contribution in [0.1, 0.15) is 36.8 Å². The van der Waals surface area contributed by atoms with E-state index in [-0.39, 0.29) is 11.6 Å². The molecular weight excluding hydrogens is 314 g/mol. The number of hydrogen-bond acceptors (Lipinski definition) is 3. The quantitative estimate of drug-likeness (QED) is 0.917. The Morgan fingerprint density at radius 3 is 2.44 bits per heavy atom. The molecule has 4 rings (SSSR count). The third-order valence-corrected chi connectivity index (χ3v) is 6.07. The molecule has 5 nitrogen and oxygen atoms in total. The summed E-state index contributed by atoms with van der Waals surface area (Å²) in [5.74, 6) is 0. The van der Waals surface area contributed by atoms with Gasteiger partial charge < -0.3 is 15.0 Å². The van der Waals surface area contributed by atoms with Crippen molar-refractivity contribution in [2.24, 2.45) is 0 Å². The fourth-order valence-electron chi connectivity index (χ4n) is 4.36. The molecule has 0 bridgehead atoms. The van der Waals surface area contributed by atoms with Gasteiger partial charge in [0.15, 0.2) is 0 Å². The Hall–Kier alpha value is -1.59. The summed E-state index contributed by atoms with van der Waals surface area (Å²) in [7, 11) is 0. The molecule has 2 amide bonds. The number of benzene rings is 1. The molecule has 1 saturated carbocycles. The van der Waals surface area contributed by atoms with Crippen molar-refractivity contribution in [3.05, 3.63) is 35.4 Å². The number of hydrogen-bond donors (Lipinski definition) is 1. The van der Waals surface area contributed by atoms with Crippen LogP contribution in [-0.2, 0) is 10.3 Å². The Morgan fingerprint density at radius 2 is 1.80 bits per heavy atom. The maximum atomic E-state index is 12.8. The van der Waals surface area contributed by atoms with E-state index < -0.39 is 0 Å². The molecule has 0 aromatic heterocycles. The Bertz CT molecular complexity index is 615. The van der Waals surface area contributed by atoms with Crippen molar-refractivity contribution in [1.29, 1.82) is 0 Å². The Morgan fingerprint density at radius 1 is 1.12 bits per heavy atom. The number of amides is 2. The van der Waals surface area contributed by atoms with Gasteiger partial charge in [0.05, 0.1) is 18.8 Å². The number of aryl methyl sites for hydroxylation is 1. The van der Waals surface area contributed by atoms with E-state index in [1.165, 1.54) is 11.1 Å². The molecule has 0 spiro atoms. The first-order valence-electron chi connectivity index (χ1n) is 9.63. The van der Waals surface area contributed by atoms with Gasteiger partial charge in [-0.1, -0.05) is 24.3 Å². The number of piperidine rings is 1. The molecule has 25 heavy (non-hydrogen) atoms. The lowest BCUT2D eigenvalue weighted by molar-refractivity contribution is 0.00369. The van der Waals surface area contributed by atoms with Crippen molar-refractivity contribution in [2.45, 2.75) is 44.2 Å². The average Bonchev–Trinajstić information content (AvgIpc) is 3.43. The Labute approximate surface area is 150 Å². The molecule has 3 aliphatic rings. The van der Waals surface area contributed by atoms with Crippen molar-refractivity contribution in [3.63, 3.8) is 0 Å². The summed E-state index contributed by atoms with van der Waals surface area (Å²) in [5, 5.41) is 3.34. The zero-order valence-corrected chi connectivity index (χ0v) is 15.2. The SMILES string of the molecule is Cc1ccccc1C1(NC(=O)N2CCC(N3CCOCC3)CC2)CC1. The monoisotopic (exact) mass is 343 g/mol. The van der Waals surface area contributed by atoms with Gasteiger partial charge in [-0.3, -0.25) is 4.90 Å². The number of rotatable bonds is 3. The summed E-state index contributed by atoms with van der Waals surface area (Å²) in [4.78, 5) is 17.3. The maximum Gasteiger partial charge on any atom is 0.318 e. The highest BCUT2D eigenvalue weighted by Gasteiger charge is 2.47. The van der Waals surface area contributed by atoms with Crippen molar-refractivity contribution in [2.75, 3.05) is 39.4 Å². The molecule has 5 heteroatoms. The van der Waals surface area contributed by atoms with Gasteiger partial charge in [0.25, 0.3) is 0 Å². The van der Waals surface area contributed by atoms with Crippen LogP contribution in [0.2, 0.25) is 0 Å². The molecule has 1 aromatic rings. The van der Waals surface area contributed by atoms with Gasteiger partial charge in [-0.2, -0.15) is 0 Å². The molecule has 2 aliphatic heterocycles. The molecule has 0 atom stereocenters. The van der Waals surface area contributed by atoms with Gasteiger partial charge in [-0.25, -0.2) is 4.79 Å². The topological polar surface area (TPSA) is 44.8 Å². The first-order chi connectivity index (χ1) is 12.2. The lowest BCUT2D eigenvalue weighted by atomic mass is 9.99. The molecule has 2 saturated heterocycles. The minimum Gasteiger partial charge on any atom is -0.379 e. The second kappa shape index (κ2) is 6.96. The van der Waals surface area contributed by atoms with Crippen molar-refractivity contribution in [1.82, 2.24) is 15.1 Å². The second-order valence-corrected chi connectivity index (χ2v) is 7.69. The highest BCUT2D eigenvalue weighted by Crippen LogP contribution is 2.46. The van der Waals surface area contributed by atoms with Gasteiger partial charge >= 0.3 is 6.03 Å².